The Labute approximate surface area is 123 Å². The Kier molecular flexibility index (Phi) is 4.04. The lowest BCUT2D eigenvalue weighted by atomic mass is 9.93. The summed E-state index contributed by atoms with van der Waals surface area (Å²) in [6.07, 6.45) is 2.37. The lowest BCUT2D eigenvalue weighted by molar-refractivity contribution is -0.142. The fourth-order valence-corrected chi connectivity index (χ4v) is 2.19. The first kappa shape index (κ1) is 14.5. The van der Waals surface area contributed by atoms with Gasteiger partial charge in [-0.3, -0.25) is 4.98 Å². The van der Waals surface area contributed by atoms with Gasteiger partial charge in [-0.2, -0.15) is 0 Å². The quantitative estimate of drug-likeness (QED) is 0.896. The highest BCUT2D eigenvalue weighted by molar-refractivity contribution is 9.10. The van der Waals surface area contributed by atoms with E-state index in [4.69, 9.17) is 0 Å². The number of benzene rings is 1. The number of hydrogen-bond donors (Lipinski definition) is 2. The van der Waals surface area contributed by atoms with Crippen LogP contribution in [-0.2, 0) is 10.3 Å². The molecule has 1 heterocycles. The normalized spacial score (nSPS) is 13.6. The zero-order valence-corrected chi connectivity index (χ0v) is 12.2. The fraction of sp³-hybridized carbons (Fsp3) is 0.143. The van der Waals surface area contributed by atoms with Gasteiger partial charge < -0.3 is 10.4 Å². The van der Waals surface area contributed by atoms with E-state index < -0.39 is 17.3 Å². The molecular formula is C14H12BrFN2O2. The van der Waals surface area contributed by atoms with Crippen molar-refractivity contribution in [2.24, 2.45) is 0 Å². The summed E-state index contributed by atoms with van der Waals surface area (Å²) >= 11 is 3.31. The number of hydrogen-bond acceptors (Lipinski definition) is 3. The summed E-state index contributed by atoms with van der Waals surface area (Å²) in [7, 11) is 0. The summed E-state index contributed by atoms with van der Waals surface area (Å²) in [5, 5.41) is 12.4. The number of aliphatic carboxylic acids is 1. The molecule has 2 aromatic rings. The summed E-state index contributed by atoms with van der Waals surface area (Å²) in [4.78, 5) is 15.3. The second-order valence-corrected chi connectivity index (χ2v) is 5.37. The van der Waals surface area contributed by atoms with Gasteiger partial charge in [0.25, 0.3) is 0 Å². The summed E-state index contributed by atoms with van der Waals surface area (Å²) in [5.74, 6) is -1.70. The Balaban J connectivity index is 2.42. The molecule has 4 nitrogen and oxygen atoms in total. The number of carboxylic acids is 1. The molecule has 0 saturated carbocycles. The third-order valence-corrected chi connectivity index (χ3v) is 3.42. The molecule has 1 aromatic carbocycles. The molecule has 104 valence electrons. The molecule has 1 aromatic heterocycles. The molecule has 1 atom stereocenters. The van der Waals surface area contributed by atoms with Crippen molar-refractivity contribution in [1.29, 1.82) is 0 Å². The van der Waals surface area contributed by atoms with Crippen molar-refractivity contribution in [3.63, 3.8) is 0 Å². The second kappa shape index (κ2) is 5.58. The maximum Gasteiger partial charge on any atom is 0.333 e. The zero-order valence-electron chi connectivity index (χ0n) is 10.6. The number of aromatic nitrogens is 1. The Bertz CT molecular complexity index is 651. The lowest BCUT2D eigenvalue weighted by Gasteiger charge is -2.27. The maximum absolute atomic E-state index is 13.3. The van der Waals surface area contributed by atoms with E-state index in [9.17, 15) is 14.3 Å². The Morgan fingerprint density at radius 2 is 2.15 bits per heavy atom. The number of nitrogens with zero attached hydrogens (tertiary/aromatic N) is 1. The molecular weight excluding hydrogens is 327 g/mol. The Morgan fingerprint density at radius 3 is 2.75 bits per heavy atom. The van der Waals surface area contributed by atoms with Crippen LogP contribution >= 0.6 is 15.9 Å². The number of carboxylic acid groups (broad SMARTS) is 1. The van der Waals surface area contributed by atoms with E-state index in [1.165, 1.54) is 13.1 Å². The average molecular weight is 339 g/mol. The van der Waals surface area contributed by atoms with Crippen LogP contribution in [-0.4, -0.2) is 16.1 Å². The van der Waals surface area contributed by atoms with Crippen molar-refractivity contribution in [2.75, 3.05) is 5.32 Å². The highest BCUT2D eigenvalue weighted by atomic mass is 79.9. The van der Waals surface area contributed by atoms with Gasteiger partial charge in [0.05, 0.1) is 6.20 Å². The molecule has 1 unspecified atom stereocenters. The minimum atomic E-state index is -1.48. The summed E-state index contributed by atoms with van der Waals surface area (Å²) < 4.78 is 14.1. The van der Waals surface area contributed by atoms with Crippen LogP contribution in [0.1, 0.15) is 12.5 Å². The van der Waals surface area contributed by atoms with Gasteiger partial charge in [-0.1, -0.05) is 22.0 Å². The van der Waals surface area contributed by atoms with Crippen LogP contribution in [0, 0.1) is 5.82 Å². The second-order valence-electron chi connectivity index (χ2n) is 4.46. The summed E-state index contributed by atoms with van der Waals surface area (Å²) in [5.41, 5.74) is -0.630. The smallest absolute Gasteiger partial charge is 0.333 e. The number of pyridine rings is 1. The lowest BCUT2D eigenvalue weighted by Crippen LogP contribution is -2.40. The maximum atomic E-state index is 13.3. The summed E-state index contributed by atoms with van der Waals surface area (Å²) in [6.45, 7) is 1.46. The minimum absolute atomic E-state index is 0.241. The van der Waals surface area contributed by atoms with Crippen molar-refractivity contribution in [2.45, 2.75) is 12.5 Å². The van der Waals surface area contributed by atoms with E-state index in [1.807, 2.05) is 6.07 Å². The van der Waals surface area contributed by atoms with E-state index in [1.54, 1.807) is 18.2 Å². The monoisotopic (exact) mass is 338 g/mol. The van der Waals surface area contributed by atoms with Crippen LogP contribution < -0.4 is 5.32 Å². The van der Waals surface area contributed by atoms with Crippen molar-refractivity contribution >= 4 is 27.6 Å². The third-order valence-electron chi connectivity index (χ3n) is 2.93. The van der Waals surface area contributed by atoms with Crippen molar-refractivity contribution in [1.82, 2.24) is 4.98 Å². The molecule has 20 heavy (non-hydrogen) atoms. The predicted octanol–water partition coefficient (Wildman–Crippen LogP) is 3.40. The van der Waals surface area contributed by atoms with Gasteiger partial charge >= 0.3 is 5.97 Å². The molecule has 0 aliphatic carbocycles. The highest BCUT2D eigenvalue weighted by Crippen LogP contribution is 2.27. The minimum Gasteiger partial charge on any atom is -0.479 e. The first-order valence-corrected chi connectivity index (χ1v) is 6.59. The predicted molar refractivity (Wildman–Crippen MR) is 76.9 cm³/mol. The van der Waals surface area contributed by atoms with E-state index >= 15 is 0 Å². The van der Waals surface area contributed by atoms with Gasteiger partial charge in [0, 0.05) is 21.9 Å². The number of halogens is 2. The molecule has 0 aliphatic heterocycles. The number of anilines is 1. The van der Waals surface area contributed by atoms with Gasteiger partial charge in [-0.25, -0.2) is 9.18 Å². The van der Waals surface area contributed by atoms with Gasteiger partial charge in [0.15, 0.2) is 5.54 Å². The first-order valence-electron chi connectivity index (χ1n) is 5.80. The third kappa shape index (κ3) is 2.96. The fourth-order valence-electron chi connectivity index (χ4n) is 1.79. The van der Waals surface area contributed by atoms with Crippen LogP contribution in [0.25, 0.3) is 0 Å². The molecule has 2 N–H and O–H groups in total. The molecule has 0 radical (unpaired) electrons. The van der Waals surface area contributed by atoms with E-state index in [0.717, 1.165) is 16.7 Å². The number of rotatable bonds is 4. The van der Waals surface area contributed by atoms with E-state index in [-0.39, 0.29) is 5.56 Å². The average Bonchev–Trinajstić information content (AvgIpc) is 2.38. The van der Waals surface area contributed by atoms with Gasteiger partial charge in [0.2, 0.25) is 0 Å². The van der Waals surface area contributed by atoms with Gasteiger partial charge in [-0.05, 0) is 31.2 Å². The van der Waals surface area contributed by atoms with E-state index in [2.05, 4.69) is 26.2 Å². The Morgan fingerprint density at radius 1 is 1.40 bits per heavy atom. The summed E-state index contributed by atoms with van der Waals surface area (Å²) in [6, 6.07) is 8.24. The zero-order chi connectivity index (χ0) is 14.8. The molecule has 0 bridgehead atoms. The molecule has 2 rings (SSSR count). The first-order chi connectivity index (χ1) is 9.41. The highest BCUT2D eigenvalue weighted by Gasteiger charge is 2.36. The molecule has 0 amide bonds. The standard InChI is InChI=1S/C14H12BrFN2O2/c1-14(13(19)20,9-5-11(16)8-17-7-9)18-12-4-2-3-10(15)6-12/h2-8,18H,1H3,(H,19,20). The Hall–Kier alpha value is -1.95. The molecule has 0 aliphatic rings. The topological polar surface area (TPSA) is 62.2 Å². The van der Waals surface area contributed by atoms with Crippen LogP contribution in [0.4, 0.5) is 10.1 Å². The molecule has 6 heteroatoms. The van der Waals surface area contributed by atoms with Crippen LogP contribution in [0.15, 0.2) is 47.2 Å². The number of nitrogens with one attached hydrogen (secondary N) is 1. The van der Waals surface area contributed by atoms with Gasteiger partial charge in [-0.15, -0.1) is 0 Å². The molecule has 0 spiro atoms. The SMILES string of the molecule is CC(Nc1cccc(Br)c1)(C(=O)O)c1cncc(F)c1. The van der Waals surface area contributed by atoms with Crippen molar-refractivity contribution in [3.05, 3.63) is 58.6 Å². The van der Waals surface area contributed by atoms with Crippen molar-refractivity contribution < 1.29 is 14.3 Å². The molecule has 0 fully saturated rings. The largest absolute Gasteiger partial charge is 0.479 e. The van der Waals surface area contributed by atoms with Crippen LogP contribution in [0.2, 0.25) is 0 Å². The molecule has 0 saturated heterocycles. The van der Waals surface area contributed by atoms with Gasteiger partial charge in [0.1, 0.15) is 5.82 Å². The van der Waals surface area contributed by atoms with Crippen molar-refractivity contribution in [3.8, 4) is 0 Å². The van der Waals surface area contributed by atoms with Crippen LogP contribution in [0.5, 0.6) is 0 Å². The van der Waals surface area contributed by atoms with E-state index in [0.29, 0.717) is 5.69 Å². The van der Waals surface area contributed by atoms with Crippen LogP contribution in [0.3, 0.4) is 0 Å². The number of carbonyl (C=O) groups is 1.